The molecule has 3 rings (SSSR count). The van der Waals surface area contributed by atoms with Gasteiger partial charge in [0.1, 0.15) is 5.00 Å². The molecule has 2 heterocycles. The Morgan fingerprint density at radius 3 is 2.70 bits per heavy atom. The molecule has 27 heavy (non-hydrogen) atoms. The number of hydrogen-bond donors (Lipinski definition) is 2. The van der Waals surface area contributed by atoms with Crippen molar-refractivity contribution in [1.29, 1.82) is 0 Å². The molecule has 1 aromatic heterocycles. The summed E-state index contributed by atoms with van der Waals surface area (Å²) in [6.07, 6.45) is 2.67. The second-order valence-corrected chi connectivity index (χ2v) is 7.55. The Balaban J connectivity index is 1.56. The Morgan fingerprint density at radius 2 is 1.96 bits per heavy atom. The normalized spacial score (nSPS) is 16.6. The third-order valence-electron chi connectivity index (χ3n) is 4.65. The second kappa shape index (κ2) is 9.29. The molecule has 2 N–H and O–H groups in total. The van der Waals surface area contributed by atoms with Crippen molar-refractivity contribution in [1.82, 2.24) is 10.2 Å². The van der Waals surface area contributed by atoms with E-state index < -0.39 is 17.8 Å². The molecule has 0 spiro atoms. The van der Waals surface area contributed by atoms with E-state index >= 15 is 0 Å². The van der Waals surface area contributed by atoms with Crippen LogP contribution in [-0.2, 0) is 31.9 Å². The fourth-order valence-corrected chi connectivity index (χ4v) is 4.58. The molecule has 0 aromatic carbocycles. The van der Waals surface area contributed by atoms with Gasteiger partial charge in [0.25, 0.3) is 0 Å². The van der Waals surface area contributed by atoms with E-state index in [2.05, 4.69) is 15.5 Å². The van der Waals surface area contributed by atoms with E-state index in [-0.39, 0.29) is 6.61 Å². The second-order valence-electron chi connectivity index (χ2n) is 6.45. The standard InChI is InChI=1S/C18H25N3O5S/c1-2-26-18(24)14-12-4-3-5-13(12)27-17(14)20-16(23)15(22)19-6-7-21-8-10-25-11-9-21/h2-11H2,1H3,(H,19,22)(H,20,23). The van der Waals surface area contributed by atoms with Crippen LogP contribution < -0.4 is 10.6 Å². The number of nitrogens with one attached hydrogen (secondary N) is 2. The van der Waals surface area contributed by atoms with Gasteiger partial charge in [-0.2, -0.15) is 0 Å². The van der Waals surface area contributed by atoms with Crippen molar-refractivity contribution < 1.29 is 23.9 Å². The number of fused-ring (bicyclic) bond motifs is 1. The van der Waals surface area contributed by atoms with Crippen molar-refractivity contribution in [3.8, 4) is 0 Å². The van der Waals surface area contributed by atoms with Crippen LogP contribution in [-0.4, -0.2) is 68.7 Å². The fraction of sp³-hybridized carbons (Fsp3) is 0.611. The van der Waals surface area contributed by atoms with Gasteiger partial charge < -0.3 is 20.1 Å². The van der Waals surface area contributed by atoms with E-state index in [0.29, 0.717) is 36.9 Å². The van der Waals surface area contributed by atoms with Crippen LogP contribution in [0.3, 0.4) is 0 Å². The average Bonchev–Trinajstić information content (AvgIpc) is 3.23. The molecule has 2 aliphatic rings. The van der Waals surface area contributed by atoms with Gasteiger partial charge >= 0.3 is 17.8 Å². The topological polar surface area (TPSA) is 97.0 Å². The van der Waals surface area contributed by atoms with Gasteiger partial charge in [-0.25, -0.2) is 4.79 Å². The van der Waals surface area contributed by atoms with E-state index in [1.54, 1.807) is 6.92 Å². The van der Waals surface area contributed by atoms with Gasteiger partial charge in [-0.15, -0.1) is 11.3 Å². The van der Waals surface area contributed by atoms with Crippen molar-refractivity contribution in [2.45, 2.75) is 26.2 Å². The Bertz CT molecular complexity index is 712. The highest BCUT2D eigenvalue weighted by atomic mass is 32.1. The van der Waals surface area contributed by atoms with Crippen molar-refractivity contribution in [2.24, 2.45) is 0 Å². The minimum Gasteiger partial charge on any atom is -0.462 e. The first-order valence-corrected chi connectivity index (χ1v) is 10.1. The third-order valence-corrected chi connectivity index (χ3v) is 5.86. The SMILES string of the molecule is CCOC(=O)c1c(NC(=O)C(=O)NCCN2CCOCC2)sc2c1CCC2. The zero-order valence-electron chi connectivity index (χ0n) is 15.5. The summed E-state index contributed by atoms with van der Waals surface area (Å²) in [5.74, 6) is -1.91. The Morgan fingerprint density at radius 1 is 1.19 bits per heavy atom. The highest BCUT2D eigenvalue weighted by Gasteiger charge is 2.29. The van der Waals surface area contributed by atoms with Crippen LogP contribution >= 0.6 is 11.3 Å². The van der Waals surface area contributed by atoms with E-state index in [9.17, 15) is 14.4 Å². The smallest absolute Gasteiger partial charge is 0.341 e. The first-order valence-electron chi connectivity index (χ1n) is 9.31. The molecule has 0 bridgehead atoms. The van der Waals surface area contributed by atoms with Crippen LogP contribution in [0.25, 0.3) is 0 Å². The maximum atomic E-state index is 12.3. The number of thiophene rings is 1. The number of hydrogen-bond acceptors (Lipinski definition) is 7. The van der Waals surface area contributed by atoms with Crippen molar-refractivity contribution >= 4 is 34.1 Å². The van der Waals surface area contributed by atoms with Gasteiger partial charge in [0.15, 0.2) is 0 Å². The molecule has 1 saturated heterocycles. The number of esters is 1. The van der Waals surface area contributed by atoms with Gasteiger partial charge in [0.05, 0.1) is 25.4 Å². The van der Waals surface area contributed by atoms with Crippen LogP contribution in [0.2, 0.25) is 0 Å². The fourth-order valence-electron chi connectivity index (χ4n) is 3.30. The third kappa shape index (κ3) is 4.85. The van der Waals surface area contributed by atoms with E-state index in [0.717, 1.165) is 42.8 Å². The molecule has 0 radical (unpaired) electrons. The summed E-state index contributed by atoms with van der Waals surface area (Å²) in [5, 5.41) is 5.64. The van der Waals surface area contributed by atoms with Crippen LogP contribution in [0.1, 0.15) is 34.1 Å². The summed E-state index contributed by atoms with van der Waals surface area (Å²) >= 11 is 1.36. The molecular weight excluding hydrogens is 370 g/mol. The van der Waals surface area contributed by atoms with Crippen LogP contribution in [0.4, 0.5) is 5.00 Å². The molecule has 2 amide bonds. The number of nitrogens with zero attached hydrogens (tertiary/aromatic N) is 1. The average molecular weight is 395 g/mol. The molecule has 1 aromatic rings. The summed E-state index contributed by atoms with van der Waals surface area (Å²) in [6.45, 7) is 6.09. The summed E-state index contributed by atoms with van der Waals surface area (Å²) in [4.78, 5) is 39.9. The predicted octanol–water partition coefficient (Wildman–Crippen LogP) is 0.800. The van der Waals surface area contributed by atoms with Gasteiger partial charge in [-0.05, 0) is 31.7 Å². The Kier molecular flexibility index (Phi) is 6.81. The molecule has 8 nitrogen and oxygen atoms in total. The molecule has 0 saturated carbocycles. The number of carbonyl (C=O) groups is 3. The van der Waals surface area contributed by atoms with Crippen LogP contribution in [0, 0.1) is 0 Å². The summed E-state index contributed by atoms with van der Waals surface area (Å²) < 4.78 is 10.4. The van der Waals surface area contributed by atoms with Crippen LogP contribution in [0.5, 0.6) is 0 Å². The minimum absolute atomic E-state index is 0.263. The molecule has 9 heteroatoms. The molecule has 0 atom stereocenters. The van der Waals surface area contributed by atoms with Gasteiger partial charge in [-0.1, -0.05) is 0 Å². The molecule has 1 aliphatic carbocycles. The molecular formula is C18H25N3O5S. The number of rotatable bonds is 6. The zero-order valence-corrected chi connectivity index (χ0v) is 16.3. The number of anilines is 1. The lowest BCUT2D eigenvalue weighted by Crippen LogP contribution is -2.43. The number of morpholine rings is 1. The maximum absolute atomic E-state index is 12.3. The first kappa shape index (κ1) is 19.8. The lowest BCUT2D eigenvalue weighted by atomic mass is 10.1. The van der Waals surface area contributed by atoms with Gasteiger partial charge in [0, 0.05) is 31.1 Å². The van der Waals surface area contributed by atoms with Crippen molar-refractivity contribution in [3.63, 3.8) is 0 Å². The lowest BCUT2D eigenvalue weighted by molar-refractivity contribution is -0.136. The number of ether oxygens (including phenoxy) is 2. The first-order chi connectivity index (χ1) is 13.1. The van der Waals surface area contributed by atoms with E-state index in [4.69, 9.17) is 9.47 Å². The van der Waals surface area contributed by atoms with Crippen LogP contribution in [0.15, 0.2) is 0 Å². The number of aryl methyl sites for hydroxylation is 1. The molecule has 1 fully saturated rings. The van der Waals surface area contributed by atoms with Gasteiger partial charge in [0.2, 0.25) is 0 Å². The quantitative estimate of drug-likeness (QED) is 0.546. The molecule has 148 valence electrons. The van der Waals surface area contributed by atoms with Crippen molar-refractivity contribution in [3.05, 3.63) is 16.0 Å². The largest absolute Gasteiger partial charge is 0.462 e. The summed E-state index contributed by atoms with van der Waals surface area (Å²) in [7, 11) is 0. The Labute approximate surface area is 162 Å². The van der Waals surface area contributed by atoms with E-state index in [1.165, 1.54) is 11.3 Å². The summed E-state index contributed by atoms with van der Waals surface area (Å²) in [6, 6.07) is 0. The maximum Gasteiger partial charge on any atom is 0.341 e. The molecule has 1 aliphatic heterocycles. The van der Waals surface area contributed by atoms with Crippen molar-refractivity contribution in [2.75, 3.05) is 51.3 Å². The minimum atomic E-state index is -0.762. The highest BCUT2D eigenvalue weighted by Crippen LogP contribution is 2.39. The monoisotopic (exact) mass is 395 g/mol. The number of amides is 2. The number of carbonyl (C=O) groups excluding carboxylic acids is 3. The van der Waals surface area contributed by atoms with Gasteiger partial charge in [-0.3, -0.25) is 14.5 Å². The lowest BCUT2D eigenvalue weighted by Gasteiger charge is -2.26. The molecule has 0 unspecified atom stereocenters. The Hall–Kier alpha value is -1.97. The van der Waals surface area contributed by atoms with E-state index in [1.807, 2.05) is 0 Å². The zero-order chi connectivity index (χ0) is 19.2. The highest BCUT2D eigenvalue weighted by molar-refractivity contribution is 7.17. The predicted molar refractivity (Wildman–Crippen MR) is 101 cm³/mol. The summed E-state index contributed by atoms with van der Waals surface area (Å²) in [5.41, 5.74) is 1.35.